The number of hydrogen-bond donors (Lipinski definition) is 1. The minimum atomic E-state index is -0.244. The van der Waals surface area contributed by atoms with Gasteiger partial charge in [-0.3, -0.25) is 9.69 Å². The van der Waals surface area contributed by atoms with Crippen molar-refractivity contribution in [3.05, 3.63) is 76.6 Å². The fourth-order valence-corrected chi connectivity index (χ4v) is 4.37. The van der Waals surface area contributed by atoms with Gasteiger partial charge < -0.3 is 23.9 Å². The molecule has 186 valence electrons. The molecule has 1 amide bonds. The number of aromatic hydroxyl groups is 1. The predicted octanol–water partition coefficient (Wildman–Crippen LogP) is 4.58. The van der Waals surface area contributed by atoms with Crippen LogP contribution in [-0.4, -0.2) is 55.6 Å². The number of furan rings is 1. The van der Waals surface area contributed by atoms with Crippen LogP contribution in [0.25, 0.3) is 6.08 Å². The third-order valence-corrected chi connectivity index (χ3v) is 6.34. The second-order valence-electron chi connectivity index (χ2n) is 7.97. The van der Waals surface area contributed by atoms with E-state index in [1.54, 1.807) is 42.8 Å². The number of phenols is 1. The van der Waals surface area contributed by atoms with E-state index < -0.39 is 0 Å². The number of ether oxygens (including phenoxy) is 2. The van der Waals surface area contributed by atoms with Gasteiger partial charge in [0.25, 0.3) is 5.91 Å². The van der Waals surface area contributed by atoms with E-state index in [0.717, 1.165) is 11.3 Å². The van der Waals surface area contributed by atoms with Gasteiger partial charge in [0.1, 0.15) is 5.76 Å². The zero-order valence-corrected chi connectivity index (χ0v) is 21.2. The van der Waals surface area contributed by atoms with Crippen molar-refractivity contribution in [1.82, 2.24) is 4.90 Å². The molecule has 10 heteroatoms. The monoisotopic (exact) mass is 506 g/mol. The Kier molecular flexibility index (Phi) is 7.65. The predicted molar refractivity (Wildman–Crippen MR) is 142 cm³/mol. The lowest BCUT2D eigenvalue weighted by Gasteiger charge is -2.12. The van der Waals surface area contributed by atoms with Gasteiger partial charge in [-0.2, -0.15) is 5.10 Å². The smallest absolute Gasteiger partial charge is 0.267 e. The molecule has 0 spiro atoms. The van der Waals surface area contributed by atoms with E-state index in [2.05, 4.69) is 10.2 Å². The van der Waals surface area contributed by atoms with E-state index in [4.69, 9.17) is 13.9 Å². The summed E-state index contributed by atoms with van der Waals surface area (Å²) in [5, 5.41) is 19.2. The molecule has 1 aromatic heterocycles. The van der Waals surface area contributed by atoms with Gasteiger partial charge in [0.15, 0.2) is 16.7 Å². The summed E-state index contributed by atoms with van der Waals surface area (Å²) < 4.78 is 15.9. The fraction of sp³-hybridized carbons (Fsp3) is 0.192. The molecular formula is C26H26N4O5S. The minimum Gasteiger partial charge on any atom is -0.502 e. The molecule has 2 heterocycles. The fourth-order valence-electron chi connectivity index (χ4n) is 3.43. The van der Waals surface area contributed by atoms with Crippen LogP contribution in [0.15, 0.2) is 74.3 Å². The Balaban J connectivity index is 1.63. The molecule has 1 aliphatic rings. The number of hydrogen-bond acceptors (Lipinski definition) is 9. The largest absolute Gasteiger partial charge is 0.502 e. The Morgan fingerprint density at radius 1 is 1.08 bits per heavy atom. The molecule has 1 N–H and O–H groups in total. The van der Waals surface area contributed by atoms with Crippen molar-refractivity contribution in [3.63, 3.8) is 0 Å². The second kappa shape index (κ2) is 11.0. The number of thioether (sulfide) groups is 1. The molecule has 4 rings (SSSR count). The number of phenolic OH excluding ortho intramolecular Hbond substituents is 1. The number of carbonyl (C=O) groups is 1. The number of amidine groups is 1. The van der Waals surface area contributed by atoms with Crippen molar-refractivity contribution in [2.45, 2.75) is 6.54 Å². The summed E-state index contributed by atoms with van der Waals surface area (Å²) in [5.74, 6) is 0.744. The topological polar surface area (TPSA) is 100 Å². The molecule has 36 heavy (non-hydrogen) atoms. The Morgan fingerprint density at radius 2 is 1.78 bits per heavy atom. The van der Waals surface area contributed by atoms with Crippen LogP contribution < -0.4 is 14.4 Å². The van der Waals surface area contributed by atoms with Crippen molar-refractivity contribution < 1.29 is 23.8 Å². The number of amides is 1. The van der Waals surface area contributed by atoms with Crippen LogP contribution in [0.5, 0.6) is 17.2 Å². The Hall–Kier alpha value is -4.18. The summed E-state index contributed by atoms with van der Waals surface area (Å²) >= 11 is 1.20. The lowest BCUT2D eigenvalue weighted by molar-refractivity contribution is -0.122. The number of rotatable bonds is 8. The van der Waals surface area contributed by atoms with Crippen LogP contribution in [0.2, 0.25) is 0 Å². The van der Waals surface area contributed by atoms with Crippen LogP contribution in [0.1, 0.15) is 16.9 Å². The second-order valence-corrected chi connectivity index (χ2v) is 8.98. The van der Waals surface area contributed by atoms with Gasteiger partial charge in [-0.1, -0.05) is 12.1 Å². The highest BCUT2D eigenvalue weighted by molar-refractivity contribution is 8.18. The molecule has 0 bridgehead atoms. The maximum absolute atomic E-state index is 13.3. The van der Waals surface area contributed by atoms with Gasteiger partial charge >= 0.3 is 0 Å². The van der Waals surface area contributed by atoms with Gasteiger partial charge in [0.2, 0.25) is 5.75 Å². The summed E-state index contributed by atoms with van der Waals surface area (Å²) in [6.07, 6.45) is 4.89. The number of benzene rings is 2. The molecule has 0 saturated carbocycles. The number of methoxy groups -OCH3 is 2. The third kappa shape index (κ3) is 5.55. The Labute approximate surface area is 213 Å². The zero-order chi connectivity index (χ0) is 25.7. The molecule has 1 aliphatic heterocycles. The van der Waals surface area contributed by atoms with E-state index in [1.807, 2.05) is 43.3 Å². The summed E-state index contributed by atoms with van der Waals surface area (Å²) in [6, 6.07) is 14.7. The first kappa shape index (κ1) is 24.9. The standard InChI is InChI=1S/C26H26N4O5S/c1-29(2)19-9-7-17(8-10-19)15-27-28-26-30(16-20-6-5-11-35-20)25(32)23(36-26)14-18-12-21(33-3)24(31)22(13-18)34-4/h5-15,31H,16H2,1-4H3/b23-14-,27-15+,28-26-. The lowest BCUT2D eigenvalue weighted by Crippen LogP contribution is -2.28. The molecule has 1 fully saturated rings. The van der Waals surface area contributed by atoms with Gasteiger partial charge in [-0.05, 0) is 65.4 Å². The molecule has 2 aromatic carbocycles. The van der Waals surface area contributed by atoms with Gasteiger partial charge in [-0.25, -0.2) is 0 Å². The van der Waals surface area contributed by atoms with Crippen LogP contribution in [-0.2, 0) is 11.3 Å². The summed E-state index contributed by atoms with van der Waals surface area (Å²) in [4.78, 5) is 17.3. The molecule has 1 saturated heterocycles. The van der Waals surface area contributed by atoms with Gasteiger partial charge in [0.05, 0.1) is 38.1 Å². The highest BCUT2D eigenvalue weighted by atomic mass is 32.2. The zero-order valence-electron chi connectivity index (χ0n) is 20.3. The number of anilines is 1. The normalized spacial score (nSPS) is 15.9. The molecule has 0 unspecified atom stereocenters. The highest BCUT2D eigenvalue weighted by Gasteiger charge is 2.34. The van der Waals surface area contributed by atoms with E-state index in [0.29, 0.717) is 21.4 Å². The number of carbonyl (C=O) groups excluding carboxylic acids is 1. The molecule has 0 radical (unpaired) electrons. The van der Waals surface area contributed by atoms with E-state index in [9.17, 15) is 9.90 Å². The van der Waals surface area contributed by atoms with Crippen LogP contribution in [0.4, 0.5) is 5.69 Å². The van der Waals surface area contributed by atoms with E-state index in [-0.39, 0.29) is 29.7 Å². The first-order valence-electron chi connectivity index (χ1n) is 11.0. The van der Waals surface area contributed by atoms with Crippen molar-refractivity contribution in [1.29, 1.82) is 0 Å². The van der Waals surface area contributed by atoms with E-state index >= 15 is 0 Å². The first-order chi connectivity index (χ1) is 17.4. The molecular weight excluding hydrogens is 480 g/mol. The summed E-state index contributed by atoms with van der Waals surface area (Å²) in [5.41, 5.74) is 2.59. The highest BCUT2D eigenvalue weighted by Crippen LogP contribution is 2.39. The Bertz CT molecular complexity index is 1290. The SMILES string of the molecule is COc1cc(/C=C2\S/C(=N\N=C\c3ccc(N(C)C)cc3)N(Cc3ccco3)C2=O)cc(OC)c1O. The van der Waals surface area contributed by atoms with Crippen molar-refractivity contribution in [2.75, 3.05) is 33.2 Å². The molecule has 0 aliphatic carbocycles. The summed E-state index contributed by atoms with van der Waals surface area (Å²) in [7, 11) is 6.85. The first-order valence-corrected chi connectivity index (χ1v) is 11.8. The van der Waals surface area contributed by atoms with Crippen LogP contribution >= 0.6 is 11.8 Å². The Morgan fingerprint density at radius 3 is 2.36 bits per heavy atom. The van der Waals surface area contributed by atoms with Crippen LogP contribution in [0, 0.1) is 0 Å². The van der Waals surface area contributed by atoms with Crippen molar-refractivity contribution >= 4 is 40.8 Å². The van der Waals surface area contributed by atoms with Gasteiger partial charge in [-0.15, -0.1) is 5.10 Å². The van der Waals surface area contributed by atoms with Crippen molar-refractivity contribution in [2.24, 2.45) is 10.2 Å². The maximum Gasteiger partial charge on any atom is 0.267 e. The lowest BCUT2D eigenvalue weighted by atomic mass is 10.1. The number of nitrogens with zero attached hydrogens (tertiary/aromatic N) is 4. The minimum absolute atomic E-state index is 0.109. The van der Waals surface area contributed by atoms with E-state index in [1.165, 1.54) is 30.9 Å². The average Bonchev–Trinajstić information content (AvgIpc) is 3.49. The van der Waals surface area contributed by atoms with Crippen LogP contribution in [0.3, 0.4) is 0 Å². The molecule has 3 aromatic rings. The molecule has 9 nitrogen and oxygen atoms in total. The summed E-state index contributed by atoms with van der Waals surface area (Å²) in [6.45, 7) is 0.213. The third-order valence-electron chi connectivity index (χ3n) is 5.34. The van der Waals surface area contributed by atoms with Crippen molar-refractivity contribution in [3.8, 4) is 17.2 Å². The average molecular weight is 507 g/mol. The molecule has 0 atom stereocenters. The quantitative estimate of drug-likeness (QED) is 0.271. The van der Waals surface area contributed by atoms with Gasteiger partial charge in [0, 0.05) is 19.8 Å². The maximum atomic E-state index is 13.3.